The molecule has 0 aliphatic heterocycles. The Hall–Kier alpha value is -3.08. The monoisotopic (exact) mass is 375 g/mol. The number of H-pyrrole nitrogens is 1. The van der Waals surface area contributed by atoms with Gasteiger partial charge in [-0.2, -0.15) is 0 Å². The molecule has 2 amide bonds. The summed E-state index contributed by atoms with van der Waals surface area (Å²) in [5, 5.41) is 4.18. The number of amides is 2. The van der Waals surface area contributed by atoms with Crippen molar-refractivity contribution >= 4 is 28.4 Å². The van der Waals surface area contributed by atoms with E-state index in [2.05, 4.69) is 16.4 Å². The zero-order chi connectivity index (χ0) is 19.6. The Bertz CT molecular complexity index is 989. The van der Waals surface area contributed by atoms with Crippen molar-refractivity contribution in [2.75, 3.05) is 18.0 Å². The lowest BCUT2D eigenvalue weighted by Crippen LogP contribution is -2.45. The molecule has 3 aromatic rings. The van der Waals surface area contributed by atoms with Crippen LogP contribution >= 0.6 is 0 Å². The van der Waals surface area contributed by atoms with E-state index in [9.17, 15) is 9.59 Å². The highest BCUT2D eigenvalue weighted by molar-refractivity contribution is 6.14. The van der Waals surface area contributed by atoms with Crippen LogP contribution in [0.3, 0.4) is 0 Å². The molecule has 4 rings (SSSR count). The number of aromatic nitrogens is 1. The number of rotatable bonds is 7. The molecule has 1 fully saturated rings. The molecule has 0 radical (unpaired) electrons. The first-order valence-corrected chi connectivity index (χ1v) is 9.86. The molecule has 0 bridgehead atoms. The average molecular weight is 375 g/mol. The zero-order valence-electron chi connectivity index (χ0n) is 16.1. The summed E-state index contributed by atoms with van der Waals surface area (Å²) < 4.78 is 0. The van der Waals surface area contributed by atoms with Crippen LogP contribution in [0.1, 0.15) is 25.3 Å². The first-order valence-electron chi connectivity index (χ1n) is 9.86. The normalized spacial score (nSPS) is 14.6. The number of anilines is 1. The van der Waals surface area contributed by atoms with E-state index in [1.165, 1.54) is 10.9 Å². The Morgan fingerprint density at radius 2 is 1.79 bits per heavy atom. The van der Waals surface area contributed by atoms with Crippen LogP contribution in [-0.2, 0) is 16.0 Å². The number of hydrogen-bond donors (Lipinski definition) is 2. The van der Waals surface area contributed by atoms with Crippen molar-refractivity contribution in [3.63, 3.8) is 0 Å². The van der Waals surface area contributed by atoms with E-state index in [1.807, 2.05) is 61.7 Å². The minimum absolute atomic E-state index is 0.0919. The second kappa shape index (κ2) is 7.50. The van der Waals surface area contributed by atoms with Crippen molar-refractivity contribution in [2.45, 2.75) is 26.2 Å². The molecule has 0 unspecified atom stereocenters. The number of carbonyl (C=O) groups is 2. The SMILES string of the molecule is CCN(C(=O)C1(C(=O)NCCc2c[nH]c3ccccc23)CC1)c1ccccc1. The highest BCUT2D eigenvalue weighted by Crippen LogP contribution is 2.48. The molecular formula is C23H25N3O2. The van der Waals surface area contributed by atoms with Crippen LogP contribution in [-0.4, -0.2) is 29.9 Å². The number of hydrogen-bond acceptors (Lipinski definition) is 2. The van der Waals surface area contributed by atoms with E-state index >= 15 is 0 Å². The maximum atomic E-state index is 13.1. The number of benzene rings is 2. The fourth-order valence-electron chi connectivity index (χ4n) is 3.79. The molecular weight excluding hydrogens is 350 g/mol. The molecule has 5 nitrogen and oxygen atoms in total. The molecule has 1 aliphatic rings. The van der Waals surface area contributed by atoms with Crippen molar-refractivity contribution in [1.82, 2.24) is 10.3 Å². The van der Waals surface area contributed by atoms with Crippen LogP contribution in [0.2, 0.25) is 0 Å². The Kier molecular flexibility index (Phi) is 4.90. The van der Waals surface area contributed by atoms with E-state index in [-0.39, 0.29) is 11.8 Å². The van der Waals surface area contributed by atoms with Gasteiger partial charge in [-0.3, -0.25) is 9.59 Å². The van der Waals surface area contributed by atoms with E-state index in [0.29, 0.717) is 25.9 Å². The fraction of sp³-hybridized carbons (Fsp3) is 0.304. The summed E-state index contributed by atoms with van der Waals surface area (Å²) in [7, 11) is 0. The third-order valence-electron chi connectivity index (χ3n) is 5.58. The molecule has 1 heterocycles. The van der Waals surface area contributed by atoms with Crippen LogP contribution in [0.15, 0.2) is 60.8 Å². The van der Waals surface area contributed by atoms with Crippen molar-refractivity contribution < 1.29 is 9.59 Å². The lowest BCUT2D eigenvalue weighted by atomic mass is 10.0. The summed E-state index contributed by atoms with van der Waals surface area (Å²) in [4.78, 5) is 30.9. The van der Waals surface area contributed by atoms with Gasteiger partial charge in [0.1, 0.15) is 5.41 Å². The van der Waals surface area contributed by atoms with Crippen LogP contribution in [0.25, 0.3) is 10.9 Å². The van der Waals surface area contributed by atoms with Gasteiger partial charge in [-0.15, -0.1) is 0 Å². The molecule has 0 spiro atoms. The summed E-state index contributed by atoms with van der Waals surface area (Å²) in [6.07, 6.45) is 3.96. The maximum Gasteiger partial charge on any atom is 0.242 e. The topological polar surface area (TPSA) is 65.2 Å². The van der Waals surface area contributed by atoms with Gasteiger partial charge in [0.05, 0.1) is 0 Å². The van der Waals surface area contributed by atoms with Gasteiger partial charge in [0.15, 0.2) is 0 Å². The molecule has 0 saturated heterocycles. The molecule has 144 valence electrons. The lowest BCUT2D eigenvalue weighted by molar-refractivity contribution is -0.135. The van der Waals surface area contributed by atoms with E-state index in [4.69, 9.17) is 0 Å². The number of carbonyl (C=O) groups excluding carboxylic acids is 2. The van der Waals surface area contributed by atoms with Gasteiger partial charge in [-0.1, -0.05) is 36.4 Å². The van der Waals surface area contributed by atoms with Gasteiger partial charge < -0.3 is 15.2 Å². The quantitative estimate of drug-likeness (QED) is 0.619. The van der Waals surface area contributed by atoms with Gasteiger partial charge in [-0.25, -0.2) is 0 Å². The molecule has 2 aromatic carbocycles. The summed E-state index contributed by atoms with van der Waals surface area (Å²) in [6.45, 7) is 3.01. The number of nitrogens with zero attached hydrogens (tertiary/aromatic N) is 1. The molecule has 5 heteroatoms. The van der Waals surface area contributed by atoms with Crippen LogP contribution in [0.4, 0.5) is 5.69 Å². The average Bonchev–Trinajstić information content (AvgIpc) is 3.45. The number of aromatic amines is 1. The molecule has 1 aromatic heterocycles. The second-order valence-corrected chi connectivity index (χ2v) is 7.33. The van der Waals surface area contributed by atoms with Gasteiger partial charge >= 0.3 is 0 Å². The van der Waals surface area contributed by atoms with Gasteiger partial charge in [0, 0.05) is 35.9 Å². The van der Waals surface area contributed by atoms with Gasteiger partial charge in [0.2, 0.25) is 11.8 Å². The highest BCUT2D eigenvalue weighted by atomic mass is 16.2. The first-order chi connectivity index (χ1) is 13.7. The molecule has 2 N–H and O–H groups in total. The minimum Gasteiger partial charge on any atom is -0.361 e. The highest BCUT2D eigenvalue weighted by Gasteiger charge is 2.57. The van der Waals surface area contributed by atoms with Crippen molar-refractivity contribution in [1.29, 1.82) is 0 Å². The molecule has 28 heavy (non-hydrogen) atoms. The third-order valence-corrected chi connectivity index (χ3v) is 5.58. The Morgan fingerprint density at radius 3 is 2.50 bits per heavy atom. The third kappa shape index (κ3) is 3.28. The number of nitrogens with one attached hydrogen (secondary N) is 2. The Morgan fingerprint density at radius 1 is 1.07 bits per heavy atom. The second-order valence-electron chi connectivity index (χ2n) is 7.33. The van der Waals surface area contributed by atoms with Gasteiger partial charge in [0.25, 0.3) is 0 Å². The lowest BCUT2D eigenvalue weighted by Gasteiger charge is -2.26. The van der Waals surface area contributed by atoms with E-state index < -0.39 is 5.41 Å². The Balaban J connectivity index is 1.40. The largest absolute Gasteiger partial charge is 0.361 e. The zero-order valence-corrected chi connectivity index (χ0v) is 16.1. The summed E-state index contributed by atoms with van der Waals surface area (Å²) in [6, 6.07) is 17.7. The van der Waals surface area contributed by atoms with Crippen molar-refractivity contribution in [3.05, 3.63) is 66.4 Å². The van der Waals surface area contributed by atoms with Gasteiger partial charge in [-0.05, 0) is 49.9 Å². The minimum atomic E-state index is -0.897. The predicted molar refractivity (Wildman–Crippen MR) is 111 cm³/mol. The Labute approximate surface area is 164 Å². The molecule has 1 aliphatic carbocycles. The summed E-state index contributed by atoms with van der Waals surface area (Å²) in [5.74, 6) is -0.238. The summed E-state index contributed by atoms with van der Waals surface area (Å²) >= 11 is 0. The van der Waals surface area contributed by atoms with Crippen molar-refractivity contribution in [2.24, 2.45) is 5.41 Å². The summed E-state index contributed by atoms with van der Waals surface area (Å²) in [5.41, 5.74) is 2.21. The van der Waals surface area contributed by atoms with Crippen molar-refractivity contribution in [3.8, 4) is 0 Å². The molecule has 0 atom stereocenters. The maximum absolute atomic E-state index is 13.1. The van der Waals surface area contributed by atoms with Crippen LogP contribution in [0.5, 0.6) is 0 Å². The number of fused-ring (bicyclic) bond motifs is 1. The predicted octanol–water partition coefficient (Wildman–Crippen LogP) is 3.66. The smallest absolute Gasteiger partial charge is 0.242 e. The van der Waals surface area contributed by atoms with E-state index in [1.54, 1.807) is 4.90 Å². The first kappa shape index (κ1) is 18.3. The molecule has 1 saturated carbocycles. The fourth-order valence-corrected chi connectivity index (χ4v) is 3.79. The van der Waals surface area contributed by atoms with Crippen LogP contribution < -0.4 is 10.2 Å². The number of para-hydroxylation sites is 2. The standard InChI is InChI=1S/C23H25N3O2/c1-2-26(18-8-4-3-5-9-18)22(28)23(13-14-23)21(27)24-15-12-17-16-25-20-11-7-6-10-19(17)20/h3-11,16,25H,2,12-15H2,1H3,(H,24,27). The van der Waals surface area contributed by atoms with Crippen LogP contribution in [0, 0.1) is 5.41 Å². The van der Waals surface area contributed by atoms with E-state index in [0.717, 1.165) is 17.6 Å².